The molecule has 1 amide bonds. The summed E-state index contributed by atoms with van der Waals surface area (Å²) in [7, 11) is 0. The highest BCUT2D eigenvalue weighted by Gasteiger charge is 2.13. The number of pyridine rings is 1. The minimum atomic E-state index is -0.161. The van der Waals surface area contributed by atoms with Crippen LogP contribution >= 0.6 is 11.8 Å². The van der Waals surface area contributed by atoms with Crippen LogP contribution < -0.4 is 10.9 Å². The number of thioether (sulfide) groups is 1. The Hall–Kier alpha value is -2.67. The van der Waals surface area contributed by atoms with Gasteiger partial charge in [0.2, 0.25) is 5.91 Å². The monoisotopic (exact) mass is 382 g/mol. The van der Waals surface area contributed by atoms with Gasteiger partial charge >= 0.3 is 0 Å². The number of rotatable bonds is 7. The van der Waals surface area contributed by atoms with Crippen LogP contribution in [0.1, 0.15) is 20.3 Å². The largest absolute Gasteiger partial charge is 0.324 e. The van der Waals surface area contributed by atoms with Crippen LogP contribution in [-0.2, 0) is 11.3 Å². The van der Waals surface area contributed by atoms with Crippen molar-refractivity contribution in [3.63, 3.8) is 0 Å². The molecule has 0 atom stereocenters. The summed E-state index contributed by atoms with van der Waals surface area (Å²) in [6.45, 7) is 4.82. The van der Waals surface area contributed by atoms with E-state index in [0.717, 1.165) is 6.42 Å². The number of carbonyl (C=O) groups is 1. The highest BCUT2D eigenvalue weighted by atomic mass is 32.2. The standard InChI is InChI=1S/C20H22N4O2S/c1-14(2)9-11-24-19(26)16-7-3-4-8-17(16)23-20(24)27-13-18(25)22-15-6-5-10-21-12-15/h3-8,10,12,14H,9,11,13H2,1-2H3,(H,22,25). The lowest BCUT2D eigenvalue weighted by molar-refractivity contribution is -0.113. The minimum Gasteiger partial charge on any atom is -0.324 e. The first kappa shape index (κ1) is 19.1. The molecule has 0 aliphatic heterocycles. The van der Waals surface area contributed by atoms with Crippen molar-refractivity contribution < 1.29 is 4.79 Å². The van der Waals surface area contributed by atoms with Crippen LogP contribution in [0.4, 0.5) is 5.69 Å². The number of nitrogens with one attached hydrogen (secondary N) is 1. The number of benzene rings is 1. The Kier molecular flexibility index (Phi) is 6.24. The van der Waals surface area contributed by atoms with Crippen LogP contribution in [0.2, 0.25) is 0 Å². The van der Waals surface area contributed by atoms with Crippen molar-refractivity contribution in [1.82, 2.24) is 14.5 Å². The van der Waals surface area contributed by atoms with Crippen molar-refractivity contribution in [3.8, 4) is 0 Å². The average Bonchev–Trinajstić information content (AvgIpc) is 2.66. The van der Waals surface area contributed by atoms with Gasteiger partial charge in [0.15, 0.2) is 5.16 Å². The molecule has 3 rings (SSSR count). The van der Waals surface area contributed by atoms with E-state index in [0.29, 0.717) is 34.2 Å². The molecule has 0 unspecified atom stereocenters. The predicted octanol–water partition coefficient (Wildman–Crippen LogP) is 3.57. The van der Waals surface area contributed by atoms with Crippen LogP contribution in [0, 0.1) is 5.92 Å². The third-order valence-corrected chi connectivity index (χ3v) is 5.01. The molecule has 2 aromatic heterocycles. The van der Waals surface area contributed by atoms with E-state index in [1.807, 2.05) is 18.2 Å². The molecule has 27 heavy (non-hydrogen) atoms. The highest BCUT2D eigenvalue weighted by Crippen LogP contribution is 2.19. The molecule has 0 saturated heterocycles. The fourth-order valence-electron chi connectivity index (χ4n) is 2.61. The van der Waals surface area contributed by atoms with E-state index >= 15 is 0 Å². The van der Waals surface area contributed by atoms with E-state index in [2.05, 4.69) is 29.1 Å². The molecule has 0 saturated carbocycles. The molecular formula is C20H22N4O2S. The lowest BCUT2D eigenvalue weighted by atomic mass is 10.1. The zero-order valence-electron chi connectivity index (χ0n) is 15.4. The summed E-state index contributed by atoms with van der Waals surface area (Å²) in [5, 5.41) is 3.97. The predicted molar refractivity (Wildman–Crippen MR) is 109 cm³/mol. The van der Waals surface area contributed by atoms with Gasteiger partial charge in [0.1, 0.15) is 0 Å². The number of nitrogens with zero attached hydrogens (tertiary/aromatic N) is 3. The van der Waals surface area contributed by atoms with Crippen molar-refractivity contribution in [3.05, 3.63) is 59.1 Å². The van der Waals surface area contributed by atoms with Gasteiger partial charge < -0.3 is 5.32 Å². The molecule has 0 bridgehead atoms. The van der Waals surface area contributed by atoms with E-state index < -0.39 is 0 Å². The van der Waals surface area contributed by atoms with Crippen molar-refractivity contribution in [2.24, 2.45) is 5.92 Å². The maximum absolute atomic E-state index is 12.9. The van der Waals surface area contributed by atoms with E-state index in [9.17, 15) is 9.59 Å². The Morgan fingerprint density at radius 1 is 1.22 bits per heavy atom. The summed E-state index contributed by atoms with van der Waals surface area (Å²) < 4.78 is 1.68. The van der Waals surface area contributed by atoms with Gasteiger partial charge in [0.05, 0.1) is 28.5 Å². The van der Waals surface area contributed by atoms with Crippen LogP contribution in [-0.4, -0.2) is 26.2 Å². The van der Waals surface area contributed by atoms with Gasteiger partial charge in [-0.25, -0.2) is 4.98 Å². The number of fused-ring (bicyclic) bond motifs is 1. The molecule has 1 aromatic carbocycles. The SMILES string of the molecule is CC(C)CCn1c(SCC(=O)Nc2cccnc2)nc2ccccc2c1=O. The summed E-state index contributed by atoms with van der Waals surface area (Å²) in [6, 6.07) is 10.9. The molecule has 3 aromatic rings. The molecule has 6 nitrogen and oxygen atoms in total. The molecular weight excluding hydrogens is 360 g/mol. The average molecular weight is 382 g/mol. The summed E-state index contributed by atoms with van der Waals surface area (Å²) in [6.07, 6.45) is 4.11. The highest BCUT2D eigenvalue weighted by molar-refractivity contribution is 7.99. The fourth-order valence-corrected chi connectivity index (χ4v) is 3.43. The third kappa shape index (κ3) is 4.95. The quantitative estimate of drug-likeness (QED) is 0.499. The zero-order chi connectivity index (χ0) is 19.2. The molecule has 140 valence electrons. The van der Waals surface area contributed by atoms with Gasteiger partial charge in [-0.2, -0.15) is 0 Å². The lowest BCUT2D eigenvalue weighted by Crippen LogP contribution is -2.25. The van der Waals surface area contributed by atoms with Crippen LogP contribution in [0.3, 0.4) is 0 Å². The van der Waals surface area contributed by atoms with E-state index in [1.54, 1.807) is 35.2 Å². The van der Waals surface area contributed by atoms with Crippen LogP contribution in [0.5, 0.6) is 0 Å². The molecule has 0 aliphatic rings. The lowest BCUT2D eigenvalue weighted by Gasteiger charge is -2.14. The Balaban J connectivity index is 1.82. The van der Waals surface area contributed by atoms with E-state index in [4.69, 9.17) is 0 Å². The first-order valence-electron chi connectivity index (χ1n) is 8.87. The van der Waals surface area contributed by atoms with Gasteiger partial charge in [-0.15, -0.1) is 0 Å². The molecule has 7 heteroatoms. The molecule has 0 aliphatic carbocycles. The number of aromatic nitrogens is 3. The number of hydrogen-bond acceptors (Lipinski definition) is 5. The number of para-hydroxylation sites is 1. The molecule has 0 fully saturated rings. The Bertz CT molecular complexity index is 986. The summed E-state index contributed by atoms with van der Waals surface area (Å²) in [5.41, 5.74) is 1.24. The third-order valence-electron chi connectivity index (χ3n) is 4.03. The fraction of sp³-hybridized carbons (Fsp3) is 0.300. The number of amides is 1. The second-order valence-electron chi connectivity index (χ2n) is 6.63. The maximum atomic E-state index is 12.9. The number of hydrogen-bond donors (Lipinski definition) is 1. The molecule has 0 radical (unpaired) electrons. The molecule has 2 heterocycles. The minimum absolute atomic E-state index is 0.0589. The van der Waals surface area contributed by atoms with Gasteiger partial charge in [0.25, 0.3) is 5.56 Å². The molecule has 0 spiro atoms. The van der Waals surface area contributed by atoms with Crippen molar-refractivity contribution in [2.45, 2.75) is 32.0 Å². The van der Waals surface area contributed by atoms with Crippen LogP contribution in [0.25, 0.3) is 10.9 Å². The normalized spacial score (nSPS) is 11.1. The van der Waals surface area contributed by atoms with Gasteiger partial charge in [-0.1, -0.05) is 37.7 Å². The van der Waals surface area contributed by atoms with Gasteiger partial charge in [-0.3, -0.25) is 19.1 Å². The summed E-state index contributed by atoms with van der Waals surface area (Å²) in [4.78, 5) is 33.7. The van der Waals surface area contributed by atoms with Crippen molar-refractivity contribution >= 4 is 34.3 Å². The van der Waals surface area contributed by atoms with Crippen molar-refractivity contribution in [2.75, 3.05) is 11.1 Å². The van der Waals surface area contributed by atoms with E-state index in [1.165, 1.54) is 11.8 Å². The van der Waals surface area contributed by atoms with Crippen molar-refractivity contribution in [1.29, 1.82) is 0 Å². The summed E-state index contributed by atoms with van der Waals surface area (Å²) in [5.74, 6) is 0.474. The van der Waals surface area contributed by atoms with E-state index in [-0.39, 0.29) is 17.2 Å². The van der Waals surface area contributed by atoms with Gasteiger partial charge in [-0.05, 0) is 36.6 Å². The van der Waals surface area contributed by atoms with Gasteiger partial charge in [0, 0.05) is 12.7 Å². The second-order valence-corrected chi connectivity index (χ2v) is 7.57. The number of anilines is 1. The Morgan fingerprint density at radius 2 is 2.04 bits per heavy atom. The maximum Gasteiger partial charge on any atom is 0.262 e. The number of carbonyl (C=O) groups excluding carboxylic acids is 1. The Morgan fingerprint density at radius 3 is 2.78 bits per heavy atom. The molecule has 1 N–H and O–H groups in total. The Labute approximate surface area is 162 Å². The smallest absolute Gasteiger partial charge is 0.262 e. The summed E-state index contributed by atoms with van der Waals surface area (Å²) >= 11 is 1.27. The topological polar surface area (TPSA) is 76.9 Å². The zero-order valence-corrected chi connectivity index (χ0v) is 16.2. The first-order chi connectivity index (χ1) is 13.0. The second kappa shape index (κ2) is 8.81. The van der Waals surface area contributed by atoms with Crippen LogP contribution in [0.15, 0.2) is 58.7 Å². The first-order valence-corrected chi connectivity index (χ1v) is 9.85.